The number of rotatable bonds is 4. The van der Waals surface area contributed by atoms with Crippen LogP contribution in [0.1, 0.15) is 18.4 Å². The largest absolute Gasteiger partial charge is 0.507 e. The Morgan fingerprint density at radius 2 is 2.32 bits per heavy atom. The van der Waals surface area contributed by atoms with E-state index in [0.717, 1.165) is 18.5 Å². The van der Waals surface area contributed by atoms with E-state index in [-0.39, 0.29) is 17.7 Å². The Kier molecular flexibility index (Phi) is 4.27. The SMILES string of the molecule is COc1ccc(CNC2CCC(=O)N(C)C2)c(O)c1. The van der Waals surface area contributed by atoms with Crippen LogP contribution in [0.4, 0.5) is 0 Å². The smallest absolute Gasteiger partial charge is 0.222 e. The minimum Gasteiger partial charge on any atom is -0.507 e. The number of ether oxygens (including phenoxy) is 1. The Labute approximate surface area is 113 Å². The summed E-state index contributed by atoms with van der Waals surface area (Å²) in [7, 11) is 3.39. The molecule has 1 amide bonds. The summed E-state index contributed by atoms with van der Waals surface area (Å²) in [5.74, 6) is 1.07. The molecule has 0 radical (unpaired) electrons. The van der Waals surface area contributed by atoms with Crippen molar-refractivity contribution in [3.8, 4) is 11.5 Å². The van der Waals surface area contributed by atoms with Gasteiger partial charge in [0, 0.05) is 44.2 Å². The highest BCUT2D eigenvalue weighted by Crippen LogP contribution is 2.23. The van der Waals surface area contributed by atoms with Gasteiger partial charge in [-0.2, -0.15) is 0 Å². The number of carbonyl (C=O) groups excluding carboxylic acids is 1. The number of carbonyl (C=O) groups is 1. The van der Waals surface area contributed by atoms with Crippen molar-refractivity contribution >= 4 is 5.91 Å². The molecule has 19 heavy (non-hydrogen) atoms. The molecule has 2 N–H and O–H groups in total. The van der Waals surface area contributed by atoms with Crippen LogP contribution in [0.2, 0.25) is 0 Å². The third kappa shape index (κ3) is 3.38. The summed E-state index contributed by atoms with van der Waals surface area (Å²) < 4.78 is 5.05. The number of phenolic OH excluding ortho intramolecular Hbond substituents is 1. The second-order valence-electron chi connectivity index (χ2n) is 4.89. The molecule has 0 spiro atoms. The van der Waals surface area contributed by atoms with Crippen LogP contribution in [0, 0.1) is 0 Å². The lowest BCUT2D eigenvalue weighted by molar-refractivity contribution is -0.132. The van der Waals surface area contributed by atoms with Crippen LogP contribution in [-0.2, 0) is 11.3 Å². The van der Waals surface area contributed by atoms with Crippen molar-refractivity contribution < 1.29 is 14.6 Å². The predicted molar refractivity (Wildman–Crippen MR) is 72.2 cm³/mol. The maximum atomic E-state index is 11.4. The number of phenols is 1. The topological polar surface area (TPSA) is 61.8 Å². The zero-order chi connectivity index (χ0) is 13.8. The molecule has 104 valence electrons. The number of hydrogen-bond acceptors (Lipinski definition) is 4. The minimum absolute atomic E-state index is 0.199. The van der Waals surface area contributed by atoms with Crippen molar-refractivity contribution in [2.24, 2.45) is 0 Å². The molecule has 5 heteroatoms. The van der Waals surface area contributed by atoms with Gasteiger partial charge in [-0.05, 0) is 12.5 Å². The number of nitrogens with one attached hydrogen (secondary N) is 1. The summed E-state index contributed by atoms with van der Waals surface area (Å²) >= 11 is 0. The fourth-order valence-electron chi connectivity index (χ4n) is 2.25. The van der Waals surface area contributed by atoms with Crippen LogP contribution in [0.25, 0.3) is 0 Å². The zero-order valence-corrected chi connectivity index (χ0v) is 11.3. The molecule has 1 atom stereocenters. The average Bonchev–Trinajstić information content (AvgIpc) is 2.41. The molecule has 1 aliphatic rings. The zero-order valence-electron chi connectivity index (χ0n) is 11.3. The number of methoxy groups -OCH3 is 1. The second-order valence-corrected chi connectivity index (χ2v) is 4.89. The molecule has 1 aliphatic heterocycles. The first-order chi connectivity index (χ1) is 9.10. The van der Waals surface area contributed by atoms with Gasteiger partial charge in [0.15, 0.2) is 0 Å². The number of benzene rings is 1. The standard InChI is InChI=1S/C14H20N2O3/c1-16-9-11(4-6-14(16)18)15-8-10-3-5-12(19-2)7-13(10)17/h3,5,7,11,15,17H,4,6,8-9H2,1-2H3. The van der Waals surface area contributed by atoms with E-state index in [1.54, 1.807) is 18.1 Å². The normalized spacial score (nSPS) is 19.6. The van der Waals surface area contributed by atoms with Gasteiger partial charge < -0.3 is 20.1 Å². The average molecular weight is 264 g/mol. The molecule has 1 aromatic carbocycles. The van der Waals surface area contributed by atoms with E-state index in [1.165, 1.54) is 0 Å². The Hall–Kier alpha value is -1.75. The van der Waals surface area contributed by atoms with Gasteiger partial charge >= 0.3 is 0 Å². The number of amides is 1. The van der Waals surface area contributed by atoms with Crippen LogP contribution >= 0.6 is 0 Å². The number of likely N-dealkylation sites (N-methyl/N-ethyl adjacent to an activating group) is 1. The van der Waals surface area contributed by atoms with Gasteiger partial charge in [-0.3, -0.25) is 4.79 Å². The molecule has 1 unspecified atom stereocenters. The Bertz CT molecular complexity index is 462. The van der Waals surface area contributed by atoms with Gasteiger partial charge in [0.1, 0.15) is 11.5 Å². The quantitative estimate of drug-likeness (QED) is 0.855. The van der Waals surface area contributed by atoms with Gasteiger partial charge in [-0.15, -0.1) is 0 Å². The summed E-state index contributed by atoms with van der Waals surface area (Å²) in [6.07, 6.45) is 1.43. The lowest BCUT2D eigenvalue weighted by Gasteiger charge is -2.30. The molecule has 0 saturated carbocycles. The van der Waals surface area contributed by atoms with Gasteiger partial charge in [0.05, 0.1) is 7.11 Å². The molecule has 5 nitrogen and oxygen atoms in total. The van der Waals surface area contributed by atoms with Crippen molar-refractivity contribution in [1.82, 2.24) is 10.2 Å². The van der Waals surface area contributed by atoms with E-state index in [9.17, 15) is 9.90 Å². The predicted octanol–water partition coefficient (Wildman–Crippen LogP) is 1.11. The third-order valence-electron chi connectivity index (χ3n) is 3.50. The van der Waals surface area contributed by atoms with Crippen LogP contribution in [0.3, 0.4) is 0 Å². The van der Waals surface area contributed by atoms with Crippen molar-refractivity contribution in [3.63, 3.8) is 0 Å². The maximum absolute atomic E-state index is 11.4. The molecule has 1 saturated heterocycles. The highest BCUT2D eigenvalue weighted by Gasteiger charge is 2.22. The second kappa shape index (κ2) is 5.93. The Balaban J connectivity index is 1.90. The first-order valence-electron chi connectivity index (χ1n) is 6.43. The van der Waals surface area contributed by atoms with E-state index < -0.39 is 0 Å². The monoisotopic (exact) mass is 264 g/mol. The third-order valence-corrected chi connectivity index (χ3v) is 3.50. The van der Waals surface area contributed by atoms with E-state index in [4.69, 9.17) is 4.74 Å². The van der Waals surface area contributed by atoms with Crippen LogP contribution in [0.15, 0.2) is 18.2 Å². The number of likely N-dealkylation sites (tertiary alicyclic amines) is 1. The van der Waals surface area contributed by atoms with Crippen LogP contribution < -0.4 is 10.1 Å². The first kappa shape index (κ1) is 13.7. The summed E-state index contributed by atoms with van der Waals surface area (Å²) in [5, 5.41) is 13.2. The fraction of sp³-hybridized carbons (Fsp3) is 0.500. The van der Waals surface area contributed by atoms with E-state index in [2.05, 4.69) is 5.32 Å². The van der Waals surface area contributed by atoms with Gasteiger partial charge in [0.2, 0.25) is 5.91 Å². The molecule has 1 fully saturated rings. The summed E-state index contributed by atoms with van der Waals surface area (Å²) in [5.41, 5.74) is 0.834. The van der Waals surface area contributed by atoms with Gasteiger partial charge in [-0.25, -0.2) is 0 Å². The highest BCUT2D eigenvalue weighted by atomic mass is 16.5. The molecule has 1 aromatic rings. The van der Waals surface area contributed by atoms with E-state index >= 15 is 0 Å². The van der Waals surface area contributed by atoms with Crippen LogP contribution in [-0.4, -0.2) is 42.7 Å². The number of aromatic hydroxyl groups is 1. The van der Waals surface area contributed by atoms with E-state index in [0.29, 0.717) is 18.7 Å². The van der Waals surface area contributed by atoms with Crippen molar-refractivity contribution in [2.75, 3.05) is 20.7 Å². The van der Waals surface area contributed by atoms with Gasteiger partial charge in [-0.1, -0.05) is 6.07 Å². The van der Waals surface area contributed by atoms with Crippen molar-refractivity contribution in [1.29, 1.82) is 0 Å². The summed E-state index contributed by atoms with van der Waals surface area (Å²) in [4.78, 5) is 13.1. The molecular weight excluding hydrogens is 244 g/mol. The highest BCUT2D eigenvalue weighted by molar-refractivity contribution is 5.76. The number of nitrogens with zero attached hydrogens (tertiary/aromatic N) is 1. The van der Waals surface area contributed by atoms with Crippen molar-refractivity contribution in [2.45, 2.75) is 25.4 Å². The molecule has 0 aromatic heterocycles. The van der Waals surface area contributed by atoms with Gasteiger partial charge in [0.25, 0.3) is 0 Å². The van der Waals surface area contributed by atoms with Crippen molar-refractivity contribution in [3.05, 3.63) is 23.8 Å². The first-order valence-corrected chi connectivity index (χ1v) is 6.43. The molecule has 1 heterocycles. The molecule has 0 aliphatic carbocycles. The summed E-state index contributed by atoms with van der Waals surface area (Å²) in [6.45, 7) is 1.30. The molecular formula is C14H20N2O3. The summed E-state index contributed by atoms with van der Waals surface area (Å²) in [6, 6.07) is 5.56. The molecule has 2 rings (SSSR count). The molecule has 0 bridgehead atoms. The Morgan fingerprint density at radius 3 is 2.95 bits per heavy atom. The maximum Gasteiger partial charge on any atom is 0.222 e. The lowest BCUT2D eigenvalue weighted by Crippen LogP contribution is -2.46. The lowest BCUT2D eigenvalue weighted by atomic mass is 10.1. The minimum atomic E-state index is 0.199. The van der Waals surface area contributed by atoms with E-state index in [1.807, 2.05) is 19.2 Å². The number of piperidine rings is 1. The van der Waals surface area contributed by atoms with Crippen LogP contribution in [0.5, 0.6) is 11.5 Å². The number of hydrogen-bond donors (Lipinski definition) is 2. The fourth-order valence-corrected chi connectivity index (χ4v) is 2.25. The Morgan fingerprint density at radius 1 is 1.53 bits per heavy atom.